The van der Waals surface area contributed by atoms with E-state index in [4.69, 9.17) is 27.9 Å². The van der Waals surface area contributed by atoms with Gasteiger partial charge < -0.3 is 0 Å². The average Bonchev–Trinajstić information content (AvgIpc) is 2.44. The molecule has 0 saturated carbocycles. The summed E-state index contributed by atoms with van der Waals surface area (Å²) in [5, 5.41) is 0. The Hall–Kier alpha value is 1.06. The molecule has 2 radical (unpaired) electrons. The molecule has 10 heteroatoms. The van der Waals surface area contributed by atoms with Gasteiger partial charge in [0, 0.05) is 34.1 Å². The molecule has 0 heterocycles. The average molecular weight is 549 g/mol. The Bertz CT molecular complexity index is 117. The van der Waals surface area contributed by atoms with Crippen molar-refractivity contribution in [3.63, 3.8) is 0 Å². The maximum atomic E-state index is 7.50. The Labute approximate surface area is 147 Å². The minimum atomic E-state index is 0. The van der Waals surface area contributed by atoms with E-state index in [1.54, 1.807) is 0 Å². The summed E-state index contributed by atoms with van der Waals surface area (Å²) in [7, 11) is 0. The van der Waals surface area contributed by atoms with E-state index in [0.717, 1.165) is 0 Å². The fraction of sp³-hybridized carbons (Fsp3) is 0.143. The van der Waals surface area contributed by atoms with Gasteiger partial charge in [-0.15, -0.1) is 0 Å². The second-order valence-corrected chi connectivity index (χ2v) is 5.30. The molecule has 0 N–H and O–H groups in total. The zero-order chi connectivity index (χ0) is 14.7. The van der Waals surface area contributed by atoms with Crippen LogP contribution in [-0.2, 0) is 62.1 Å². The van der Waals surface area contributed by atoms with Gasteiger partial charge in [0.1, 0.15) is 0 Å². The van der Waals surface area contributed by atoms with E-state index >= 15 is 0 Å². The van der Waals surface area contributed by atoms with E-state index < -0.39 is 0 Å². The Balaban J connectivity index is -0.00000000620. The molecule has 0 saturated heterocycles. The third-order valence-electron chi connectivity index (χ3n) is 0. The molecule has 0 unspecified atom stereocenters. The monoisotopic (exact) mass is 554 g/mol. The van der Waals surface area contributed by atoms with Crippen molar-refractivity contribution in [3.8, 4) is 0 Å². The summed E-state index contributed by atoms with van der Waals surface area (Å²) >= 11 is 4.15. The Morgan fingerprint density at radius 1 is 0.471 bits per heavy atom. The standard InChI is InChI=1S/6CO.CH2Te2.2Fe/c6*1-2;2-1-3;;/h;;;;;;1H2;;. The molecule has 0 rings (SSSR count). The first-order valence-corrected chi connectivity index (χ1v) is 5.10. The summed E-state index contributed by atoms with van der Waals surface area (Å²) in [6.45, 7) is 27.0. The summed E-state index contributed by atoms with van der Waals surface area (Å²) in [5.41, 5.74) is 0. The van der Waals surface area contributed by atoms with Crippen molar-refractivity contribution in [3.05, 3.63) is 39.9 Å². The molecule has 0 amide bonds. The van der Waals surface area contributed by atoms with E-state index in [9.17, 15) is 0 Å². The quantitative estimate of drug-likeness (QED) is 0.220. The third-order valence-corrected chi connectivity index (χ3v) is 0. The molecule has 0 aromatic rings. The molecular formula is C7H2Fe2O6Te2. The van der Waals surface area contributed by atoms with Gasteiger partial charge in [0.2, 0.25) is 0 Å². The zero-order valence-electron chi connectivity index (χ0n) is 7.68. The molecular weight excluding hydrogens is 547 g/mol. The van der Waals surface area contributed by atoms with Crippen molar-refractivity contribution >= 4 is 44.6 Å². The minimum absolute atomic E-state index is 0. The van der Waals surface area contributed by atoms with Crippen LogP contribution in [0.2, 0.25) is 2.52 Å². The molecule has 0 aliphatic carbocycles. The molecule has 0 aliphatic rings. The second-order valence-electron chi connectivity index (χ2n) is 0.118. The molecule has 17 heavy (non-hydrogen) atoms. The summed E-state index contributed by atoms with van der Waals surface area (Å²) in [4.78, 5) is 0. The molecule has 0 aromatic heterocycles. The Morgan fingerprint density at radius 3 is 0.471 bits per heavy atom. The molecule has 0 atom stereocenters. The Kier molecular flexibility index (Phi) is 3910. The molecule has 6 nitrogen and oxygen atoms in total. The van der Waals surface area contributed by atoms with Gasteiger partial charge in [0.05, 0.1) is 0 Å². The third kappa shape index (κ3) is 3450. The summed E-state index contributed by atoms with van der Waals surface area (Å²) in [5.74, 6) is 0. The predicted octanol–water partition coefficient (Wildman–Crippen LogP) is -0.531. The van der Waals surface area contributed by atoms with Gasteiger partial charge in [-0.3, -0.25) is 0 Å². The van der Waals surface area contributed by atoms with Crippen LogP contribution in [-0.4, -0.2) is 44.6 Å². The summed E-state index contributed by atoms with van der Waals surface area (Å²) in [6.07, 6.45) is 0. The maximum absolute atomic E-state index is 7.50. The fourth-order valence-electron chi connectivity index (χ4n) is 0. The van der Waals surface area contributed by atoms with Crippen LogP contribution in [0.1, 0.15) is 0 Å². The molecule has 0 bridgehead atoms. The van der Waals surface area contributed by atoms with Crippen LogP contribution in [0, 0.1) is 39.9 Å². The first kappa shape index (κ1) is 64.0. The molecule has 94 valence electrons. The van der Waals surface area contributed by atoms with Crippen LogP contribution < -0.4 is 0 Å². The van der Waals surface area contributed by atoms with Crippen molar-refractivity contribution in [2.45, 2.75) is 2.52 Å². The van der Waals surface area contributed by atoms with Crippen LogP contribution in [0.5, 0.6) is 0 Å². The van der Waals surface area contributed by atoms with Gasteiger partial charge >= 0.3 is 115 Å². The fourth-order valence-corrected chi connectivity index (χ4v) is 0. The van der Waals surface area contributed by atoms with Gasteiger partial charge in [0.15, 0.2) is 0 Å². The van der Waals surface area contributed by atoms with Crippen LogP contribution in [0.4, 0.5) is 0 Å². The first-order valence-electron chi connectivity index (χ1n) is 1.80. The van der Waals surface area contributed by atoms with Gasteiger partial charge in [-0.25, -0.2) is 0 Å². The van der Waals surface area contributed by atoms with Gasteiger partial charge in [0.25, 0.3) is 0 Å². The number of hydrogen-bond donors (Lipinski definition) is 0. The van der Waals surface area contributed by atoms with Crippen molar-refractivity contribution < 1.29 is 62.1 Å². The molecule has 0 fully saturated rings. The topological polar surface area (TPSA) is 119 Å². The van der Waals surface area contributed by atoms with Crippen LogP contribution in [0.15, 0.2) is 0 Å². The van der Waals surface area contributed by atoms with E-state index in [1.807, 2.05) is 0 Å². The van der Waals surface area contributed by atoms with E-state index in [1.165, 1.54) is 2.52 Å². The van der Waals surface area contributed by atoms with Crippen molar-refractivity contribution in [2.75, 3.05) is 0 Å². The SMILES string of the molecule is [C-]#[O+].[C-]#[O+].[C-]#[O+].[C-]#[O+].[C-]#[O+].[C-]#[O+].[Fe].[Fe].[Te]C[Te]. The van der Waals surface area contributed by atoms with Crippen LogP contribution >= 0.6 is 0 Å². The predicted molar refractivity (Wildman–Crippen MR) is 39.9 cm³/mol. The van der Waals surface area contributed by atoms with Crippen molar-refractivity contribution in [1.29, 1.82) is 0 Å². The van der Waals surface area contributed by atoms with E-state index in [0.29, 0.717) is 0 Å². The van der Waals surface area contributed by atoms with Crippen LogP contribution in [0.3, 0.4) is 0 Å². The van der Waals surface area contributed by atoms with Gasteiger partial charge in [-0.05, 0) is 0 Å². The molecule has 0 aliphatic heterocycles. The normalized spacial score (nSPS) is 1.76. The van der Waals surface area contributed by atoms with Crippen molar-refractivity contribution in [1.82, 2.24) is 0 Å². The van der Waals surface area contributed by atoms with Crippen molar-refractivity contribution in [2.24, 2.45) is 0 Å². The zero-order valence-corrected chi connectivity index (χ0v) is 14.5. The second kappa shape index (κ2) is 1040. The van der Waals surface area contributed by atoms with E-state index in [2.05, 4.69) is 84.5 Å². The number of rotatable bonds is 0. The molecule has 0 spiro atoms. The van der Waals surface area contributed by atoms with Crippen LogP contribution in [0.25, 0.3) is 0 Å². The Morgan fingerprint density at radius 2 is 0.471 bits per heavy atom. The summed E-state index contributed by atoms with van der Waals surface area (Å²) in [6, 6.07) is 0. The van der Waals surface area contributed by atoms with E-state index in [-0.39, 0.29) is 34.1 Å². The van der Waals surface area contributed by atoms with Gasteiger partial charge in [-0.1, -0.05) is 0 Å². The van der Waals surface area contributed by atoms with Gasteiger partial charge in [-0.2, -0.15) is 0 Å². The molecule has 0 aromatic carbocycles. The summed E-state index contributed by atoms with van der Waals surface area (Å²) < 4.78 is 46.3. The number of hydrogen-bond acceptors (Lipinski definition) is 0. The first-order chi connectivity index (χ1) is 7.41.